The maximum Gasteiger partial charge on any atom is 0.119 e. The van der Waals surface area contributed by atoms with E-state index in [0.29, 0.717) is 6.04 Å². The first-order valence-corrected chi connectivity index (χ1v) is 6.71. The molecule has 0 aliphatic heterocycles. The molecular weight excluding hydrogens is 278 g/mol. The second-order valence-corrected chi connectivity index (χ2v) is 4.84. The summed E-state index contributed by atoms with van der Waals surface area (Å²) in [6.07, 6.45) is 5.43. The standard InChI is InChI=1S/C14H20BrNO/c1-4-9-16-11(2)5-6-12-10-13(17-3)7-8-14(12)15/h5-8,10-11,16H,4,9H2,1-3H3/b6-5+. The first-order valence-electron chi connectivity index (χ1n) is 5.92. The first kappa shape index (κ1) is 14.3. The highest BCUT2D eigenvalue weighted by molar-refractivity contribution is 9.10. The number of ether oxygens (including phenoxy) is 1. The van der Waals surface area contributed by atoms with Crippen molar-refractivity contribution in [2.45, 2.75) is 26.3 Å². The van der Waals surface area contributed by atoms with Crippen LogP contribution in [0.1, 0.15) is 25.8 Å². The summed E-state index contributed by atoms with van der Waals surface area (Å²) in [5.74, 6) is 0.877. The molecule has 0 amide bonds. The summed E-state index contributed by atoms with van der Waals surface area (Å²) in [5.41, 5.74) is 1.13. The largest absolute Gasteiger partial charge is 0.497 e. The molecule has 0 bridgehead atoms. The van der Waals surface area contributed by atoms with Crippen molar-refractivity contribution in [3.63, 3.8) is 0 Å². The van der Waals surface area contributed by atoms with Crippen LogP contribution in [-0.4, -0.2) is 19.7 Å². The van der Waals surface area contributed by atoms with Crippen LogP contribution in [0.25, 0.3) is 6.08 Å². The molecule has 3 heteroatoms. The predicted molar refractivity (Wildman–Crippen MR) is 77.5 cm³/mol. The van der Waals surface area contributed by atoms with Gasteiger partial charge in [-0.3, -0.25) is 0 Å². The zero-order chi connectivity index (χ0) is 12.7. The summed E-state index contributed by atoms with van der Waals surface area (Å²) >= 11 is 3.54. The maximum absolute atomic E-state index is 5.21. The Morgan fingerprint density at radius 1 is 1.47 bits per heavy atom. The molecule has 0 aromatic heterocycles. The first-order chi connectivity index (χ1) is 8.17. The lowest BCUT2D eigenvalue weighted by Crippen LogP contribution is -2.24. The van der Waals surface area contributed by atoms with Crippen molar-refractivity contribution >= 4 is 22.0 Å². The third-order valence-corrected chi connectivity index (χ3v) is 3.21. The van der Waals surface area contributed by atoms with Gasteiger partial charge < -0.3 is 10.1 Å². The van der Waals surface area contributed by atoms with Crippen LogP contribution in [-0.2, 0) is 0 Å². The van der Waals surface area contributed by atoms with Gasteiger partial charge in [-0.05, 0) is 43.7 Å². The number of methoxy groups -OCH3 is 1. The summed E-state index contributed by atoms with van der Waals surface area (Å²) in [6, 6.07) is 6.35. The molecule has 0 spiro atoms. The van der Waals surface area contributed by atoms with Gasteiger partial charge in [-0.25, -0.2) is 0 Å². The molecule has 0 radical (unpaired) electrons. The van der Waals surface area contributed by atoms with Crippen LogP contribution in [0.4, 0.5) is 0 Å². The second kappa shape index (κ2) is 7.51. The molecule has 1 rings (SSSR count). The fraction of sp³-hybridized carbons (Fsp3) is 0.429. The number of nitrogens with one attached hydrogen (secondary N) is 1. The monoisotopic (exact) mass is 297 g/mol. The van der Waals surface area contributed by atoms with E-state index in [4.69, 9.17) is 4.74 Å². The lowest BCUT2D eigenvalue weighted by Gasteiger charge is -2.08. The SMILES string of the molecule is CCCNC(C)/C=C/c1cc(OC)ccc1Br. The third kappa shape index (κ3) is 4.92. The van der Waals surface area contributed by atoms with E-state index in [0.717, 1.165) is 28.8 Å². The lowest BCUT2D eigenvalue weighted by atomic mass is 10.1. The number of hydrogen-bond acceptors (Lipinski definition) is 2. The third-order valence-electron chi connectivity index (χ3n) is 2.48. The Balaban J connectivity index is 2.69. The lowest BCUT2D eigenvalue weighted by molar-refractivity contribution is 0.414. The van der Waals surface area contributed by atoms with E-state index >= 15 is 0 Å². The molecule has 1 atom stereocenters. The van der Waals surface area contributed by atoms with Crippen molar-refractivity contribution in [3.8, 4) is 5.75 Å². The zero-order valence-corrected chi connectivity index (χ0v) is 12.3. The van der Waals surface area contributed by atoms with E-state index in [1.807, 2.05) is 18.2 Å². The van der Waals surface area contributed by atoms with Crippen molar-refractivity contribution < 1.29 is 4.74 Å². The molecule has 0 aliphatic carbocycles. The van der Waals surface area contributed by atoms with Crippen LogP contribution in [0, 0.1) is 0 Å². The van der Waals surface area contributed by atoms with Gasteiger partial charge >= 0.3 is 0 Å². The van der Waals surface area contributed by atoms with Crippen molar-refractivity contribution in [1.82, 2.24) is 5.32 Å². The zero-order valence-electron chi connectivity index (χ0n) is 10.7. The Morgan fingerprint density at radius 2 is 2.24 bits per heavy atom. The van der Waals surface area contributed by atoms with Crippen LogP contribution >= 0.6 is 15.9 Å². The quantitative estimate of drug-likeness (QED) is 0.861. The van der Waals surface area contributed by atoms with Crippen LogP contribution in [0.3, 0.4) is 0 Å². The van der Waals surface area contributed by atoms with Gasteiger partial charge in [0.15, 0.2) is 0 Å². The number of rotatable bonds is 6. The molecule has 0 heterocycles. The van der Waals surface area contributed by atoms with Crippen LogP contribution in [0.15, 0.2) is 28.7 Å². The highest BCUT2D eigenvalue weighted by Crippen LogP contribution is 2.23. The molecule has 94 valence electrons. The Morgan fingerprint density at radius 3 is 2.88 bits per heavy atom. The van der Waals surface area contributed by atoms with Gasteiger partial charge in [-0.2, -0.15) is 0 Å². The van der Waals surface area contributed by atoms with Crippen molar-refractivity contribution in [3.05, 3.63) is 34.3 Å². The summed E-state index contributed by atoms with van der Waals surface area (Å²) in [4.78, 5) is 0. The number of benzene rings is 1. The number of hydrogen-bond donors (Lipinski definition) is 1. The fourth-order valence-electron chi connectivity index (χ4n) is 1.46. The maximum atomic E-state index is 5.21. The molecule has 0 saturated heterocycles. The summed E-state index contributed by atoms with van der Waals surface area (Å²) in [6.45, 7) is 5.37. The Labute approximate surface area is 112 Å². The Bertz CT molecular complexity index is 376. The van der Waals surface area contributed by atoms with Gasteiger partial charge in [0.1, 0.15) is 5.75 Å². The van der Waals surface area contributed by atoms with Gasteiger partial charge in [-0.15, -0.1) is 0 Å². The van der Waals surface area contributed by atoms with E-state index in [9.17, 15) is 0 Å². The van der Waals surface area contributed by atoms with Gasteiger partial charge in [0, 0.05) is 10.5 Å². The number of halogens is 1. The highest BCUT2D eigenvalue weighted by atomic mass is 79.9. The van der Waals surface area contributed by atoms with E-state index in [2.05, 4.69) is 47.2 Å². The predicted octanol–water partition coefficient (Wildman–Crippen LogP) is 3.86. The summed E-state index contributed by atoms with van der Waals surface area (Å²) < 4.78 is 6.29. The smallest absolute Gasteiger partial charge is 0.119 e. The van der Waals surface area contributed by atoms with Crippen molar-refractivity contribution in [2.24, 2.45) is 0 Å². The highest BCUT2D eigenvalue weighted by Gasteiger charge is 2.00. The minimum atomic E-state index is 0.382. The van der Waals surface area contributed by atoms with Crippen molar-refractivity contribution in [2.75, 3.05) is 13.7 Å². The second-order valence-electron chi connectivity index (χ2n) is 3.99. The molecule has 0 fully saturated rings. The molecule has 2 nitrogen and oxygen atoms in total. The molecule has 1 aromatic rings. The van der Waals surface area contributed by atoms with E-state index < -0.39 is 0 Å². The van der Waals surface area contributed by atoms with Crippen LogP contribution in [0.2, 0.25) is 0 Å². The minimum absolute atomic E-state index is 0.382. The molecule has 0 aliphatic rings. The van der Waals surface area contributed by atoms with E-state index in [1.54, 1.807) is 7.11 Å². The Kier molecular flexibility index (Phi) is 6.30. The average Bonchev–Trinajstić information content (AvgIpc) is 2.35. The van der Waals surface area contributed by atoms with Crippen molar-refractivity contribution in [1.29, 1.82) is 0 Å². The van der Waals surface area contributed by atoms with E-state index in [-0.39, 0.29) is 0 Å². The normalized spacial score (nSPS) is 12.9. The minimum Gasteiger partial charge on any atom is -0.497 e. The summed E-state index contributed by atoms with van der Waals surface area (Å²) in [5, 5.41) is 3.42. The Hall–Kier alpha value is -0.800. The molecule has 0 saturated carbocycles. The molecule has 1 aromatic carbocycles. The summed E-state index contributed by atoms with van der Waals surface area (Å²) in [7, 11) is 1.68. The van der Waals surface area contributed by atoms with Gasteiger partial charge in [0.2, 0.25) is 0 Å². The molecular formula is C14H20BrNO. The van der Waals surface area contributed by atoms with Gasteiger partial charge in [0.25, 0.3) is 0 Å². The van der Waals surface area contributed by atoms with Crippen LogP contribution in [0.5, 0.6) is 5.75 Å². The average molecular weight is 298 g/mol. The van der Waals surface area contributed by atoms with Crippen LogP contribution < -0.4 is 10.1 Å². The fourth-order valence-corrected chi connectivity index (χ4v) is 1.84. The van der Waals surface area contributed by atoms with E-state index in [1.165, 1.54) is 0 Å². The molecule has 1 N–H and O–H groups in total. The molecule has 17 heavy (non-hydrogen) atoms. The van der Waals surface area contributed by atoms with Gasteiger partial charge in [-0.1, -0.05) is 35.0 Å². The topological polar surface area (TPSA) is 21.3 Å². The van der Waals surface area contributed by atoms with Gasteiger partial charge in [0.05, 0.1) is 7.11 Å². The molecule has 1 unspecified atom stereocenters.